The maximum absolute atomic E-state index is 12.1. The van der Waals surface area contributed by atoms with Crippen LogP contribution in [-0.2, 0) is 25.5 Å². The van der Waals surface area contributed by atoms with Crippen LogP contribution in [0.5, 0.6) is 11.5 Å². The molecule has 0 aliphatic heterocycles. The molecule has 0 radical (unpaired) electrons. The molecular weight excluding hydrogens is 326 g/mol. The second-order valence-corrected chi connectivity index (χ2v) is 6.07. The minimum Gasteiger partial charge on any atom is -0.504 e. The number of aromatic hydroxyl groups is 2. The van der Waals surface area contributed by atoms with Crippen molar-refractivity contribution in [1.82, 2.24) is 0 Å². The molecule has 0 fully saturated rings. The van der Waals surface area contributed by atoms with Gasteiger partial charge in [-0.05, 0) is 44.4 Å². The first-order valence-corrected chi connectivity index (χ1v) is 8.41. The van der Waals surface area contributed by atoms with Crippen molar-refractivity contribution in [2.24, 2.45) is 5.73 Å². The van der Waals surface area contributed by atoms with E-state index in [-0.39, 0.29) is 23.9 Å². The van der Waals surface area contributed by atoms with E-state index >= 15 is 0 Å². The number of carbonyl (C=O) groups is 2. The molecule has 3 atom stereocenters. The minimum atomic E-state index is -0.936. The molecule has 0 aromatic heterocycles. The van der Waals surface area contributed by atoms with E-state index < -0.39 is 24.2 Å². The lowest BCUT2D eigenvalue weighted by Gasteiger charge is -2.22. The van der Waals surface area contributed by atoms with Crippen molar-refractivity contribution in [1.29, 1.82) is 0 Å². The summed E-state index contributed by atoms with van der Waals surface area (Å²) in [6, 6.07) is 3.28. The number of benzene rings is 1. The topological polar surface area (TPSA) is 119 Å². The third-order valence-corrected chi connectivity index (χ3v) is 3.81. The van der Waals surface area contributed by atoms with Gasteiger partial charge < -0.3 is 25.4 Å². The van der Waals surface area contributed by atoms with Crippen LogP contribution in [-0.4, -0.2) is 40.4 Å². The molecule has 0 saturated heterocycles. The zero-order valence-corrected chi connectivity index (χ0v) is 14.9. The third kappa shape index (κ3) is 7.01. The molecule has 1 aromatic carbocycles. The molecule has 140 valence electrons. The van der Waals surface area contributed by atoms with Crippen molar-refractivity contribution in [3.63, 3.8) is 0 Å². The number of phenols is 2. The lowest BCUT2D eigenvalue weighted by molar-refractivity contribution is -0.166. The Kier molecular flexibility index (Phi) is 8.21. The molecule has 0 bridgehead atoms. The highest BCUT2D eigenvalue weighted by Crippen LogP contribution is 2.25. The van der Waals surface area contributed by atoms with Gasteiger partial charge in [0.15, 0.2) is 11.5 Å². The molecule has 0 amide bonds. The largest absolute Gasteiger partial charge is 0.504 e. The van der Waals surface area contributed by atoms with E-state index in [2.05, 4.69) is 0 Å². The summed E-state index contributed by atoms with van der Waals surface area (Å²) in [4.78, 5) is 23.7. The summed E-state index contributed by atoms with van der Waals surface area (Å²) in [7, 11) is 0. The molecule has 0 aliphatic rings. The Morgan fingerprint density at radius 3 is 2.36 bits per heavy atom. The van der Waals surface area contributed by atoms with Crippen LogP contribution in [0.3, 0.4) is 0 Å². The molecule has 25 heavy (non-hydrogen) atoms. The van der Waals surface area contributed by atoms with Gasteiger partial charge in [-0.25, -0.2) is 0 Å². The number of ether oxygens (including phenoxy) is 2. The highest BCUT2D eigenvalue weighted by atomic mass is 16.6. The summed E-state index contributed by atoms with van der Waals surface area (Å²) in [5.74, 6) is -1.47. The number of hydrogen-bond acceptors (Lipinski definition) is 7. The van der Waals surface area contributed by atoms with E-state index in [4.69, 9.17) is 15.2 Å². The van der Waals surface area contributed by atoms with Gasteiger partial charge in [0.1, 0.15) is 18.2 Å². The van der Waals surface area contributed by atoms with Gasteiger partial charge in [0.2, 0.25) is 0 Å². The second-order valence-electron chi connectivity index (χ2n) is 6.07. The maximum Gasteiger partial charge on any atom is 0.323 e. The van der Waals surface area contributed by atoms with Crippen molar-refractivity contribution in [3.05, 3.63) is 23.8 Å². The van der Waals surface area contributed by atoms with E-state index in [0.717, 1.165) is 12.8 Å². The fourth-order valence-corrected chi connectivity index (χ4v) is 2.08. The Morgan fingerprint density at radius 1 is 1.12 bits per heavy atom. The van der Waals surface area contributed by atoms with Crippen molar-refractivity contribution in [3.8, 4) is 11.5 Å². The average Bonchev–Trinajstić information content (AvgIpc) is 2.56. The van der Waals surface area contributed by atoms with Gasteiger partial charge in [0.25, 0.3) is 0 Å². The number of esters is 2. The molecular formula is C18H27NO6. The molecule has 0 spiro atoms. The van der Waals surface area contributed by atoms with Gasteiger partial charge in [-0.15, -0.1) is 0 Å². The lowest BCUT2D eigenvalue weighted by atomic mass is 10.1. The van der Waals surface area contributed by atoms with Gasteiger partial charge >= 0.3 is 11.9 Å². The second kappa shape index (κ2) is 9.88. The summed E-state index contributed by atoms with van der Waals surface area (Å²) < 4.78 is 10.5. The van der Waals surface area contributed by atoms with Gasteiger partial charge in [0, 0.05) is 6.42 Å². The number of phenolic OH excluding ortho intramolecular Hbond substituents is 2. The number of carbonyl (C=O) groups excluding carboxylic acids is 2. The fraction of sp³-hybridized carbons (Fsp3) is 0.556. The average molecular weight is 353 g/mol. The quantitative estimate of drug-likeness (QED) is 0.459. The van der Waals surface area contributed by atoms with Gasteiger partial charge in [0.05, 0.1) is 0 Å². The molecule has 7 heteroatoms. The number of unbranched alkanes of at least 4 members (excludes halogenated alkanes) is 1. The number of rotatable bonds is 9. The molecule has 1 rings (SSSR count). The first kappa shape index (κ1) is 20.8. The van der Waals surface area contributed by atoms with Crippen molar-refractivity contribution < 1.29 is 29.3 Å². The number of nitrogens with two attached hydrogens (primary N) is 1. The summed E-state index contributed by atoms with van der Waals surface area (Å²) >= 11 is 0. The Balaban J connectivity index is 2.50. The van der Waals surface area contributed by atoms with Gasteiger partial charge in [-0.2, -0.15) is 0 Å². The first-order chi connectivity index (χ1) is 11.7. The molecule has 0 heterocycles. The smallest absolute Gasteiger partial charge is 0.323 e. The highest BCUT2D eigenvalue weighted by molar-refractivity contribution is 5.76. The monoisotopic (exact) mass is 353 g/mol. The fourth-order valence-electron chi connectivity index (χ4n) is 2.08. The lowest BCUT2D eigenvalue weighted by Crippen LogP contribution is -2.39. The molecule has 1 aromatic rings. The van der Waals surface area contributed by atoms with Crippen LogP contribution in [0.1, 0.15) is 45.6 Å². The summed E-state index contributed by atoms with van der Waals surface area (Å²) in [5.41, 5.74) is 6.42. The molecule has 0 saturated carbocycles. The van der Waals surface area contributed by atoms with E-state index in [0.29, 0.717) is 12.0 Å². The molecule has 0 unspecified atom stereocenters. The minimum absolute atomic E-state index is 0.143. The summed E-state index contributed by atoms with van der Waals surface area (Å²) in [6.07, 6.45) is 0.936. The van der Waals surface area contributed by atoms with E-state index in [1.807, 2.05) is 6.92 Å². The predicted molar refractivity (Wildman–Crippen MR) is 92.1 cm³/mol. The standard InChI is InChI=1S/C18H27NO6/c1-4-5-6-17(22)24-11(2)12(3)25-18(23)14(19)9-13-7-8-15(20)16(21)10-13/h7-8,10-12,14,20-21H,4-6,9,19H2,1-3H3/t11-,12-,14+/m1/s1. The third-order valence-electron chi connectivity index (χ3n) is 3.81. The Hall–Kier alpha value is -2.28. The molecule has 7 nitrogen and oxygen atoms in total. The zero-order valence-electron chi connectivity index (χ0n) is 14.9. The van der Waals surface area contributed by atoms with Crippen LogP contribution in [0.2, 0.25) is 0 Å². The molecule has 4 N–H and O–H groups in total. The van der Waals surface area contributed by atoms with Crippen LogP contribution < -0.4 is 5.73 Å². The van der Waals surface area contributed by atoms with Crippen LogP contribution in [0.25, 0.3) is 0 Å². The van der Waals surface area contributed by atoms with Crippen LogP contribution in [0.15, 0.2) is 18.2 Å². The molecule has 0 aliphatic carbocycles. The van der Waals surface area contributed by atoms with Crippen LogP contribution in [0, 0.1) is 0 Å². The Labute approximate surface area is 147 Å². The Morgan fingerprint density at radius 2 is 1.76 bits per heavy atom. The maximum atomic E-state index is 12.1. The predicted octanol–water partition coefficient (Wildman–Crippen LogP) is 2.02. The summed E-state index contributed by atoms with van der Waals surface area (Å²) in [6.45, 7) is 5.27. The SMILES string of the molecule is CCCCC(=O)O[C@H](C)[C@@H](C)OC(=O)[C@@H](N)Cc1ccc(O)c(O)c1. The van der Waals surface area contributed by atoms with E-state index in [1.165, 1.54) is 12.1 Å². The highest BCUT2D eigenvalue weighted by Gasteiger charge is 2.24. The van der Waals surface area contributed by atoms with Crippen LogP contribution >= 0.6 is 0 Å². The zero-order chi connectivity index (χ0) is 19.0. The van der Waals surface area contributed by atoms with E-state index in [9.17, 15) is 19.8 Å². The van der Waals surface area contributed by atoms with Crippen molar-refractivity contribution >= 4 is 11.9 Å². The van der Waals surface area contributed by atoms with Crippen LogP contribution in [0.4, 0.5) is 0 Å². The van der Waals surface area contributed by atoms with E-state index in [1.54, 1.807) is 19.9 Å². The normalized spacial score (nSPS) is 14.4. The Bertz CT molecular complexity index is 589. The van der Waals surface area contributed by atoms with Crippen molar-refractivity contribution in [2.45, 2.75) is 64.7 Å². The van der Waals surface area contributed by atoms with Crippen molar-refractivity contribution in [2.75, 3.05) is 0 Å². The first-order valence-electron chi connectivity index (χ1n) is 8.41. The summed E-state index contributed by atoms with van der Waals surface area (Å²) in [5, 5.41) is 18.7. The van der Waals surface area contributed by atoms with Gasteiger partial charge in [-0.1, -0.05) is 19.4 Å². The van der Waals surface area contributed by atoms with Gasteiger partial charge in [-0.3, -0.25) is 9.59 Å². The number of hydrogen-bond donors (Lipinski definition) is 3.